The average Bonchev–Trinajstić information content (AvgIpc) is 2.50. The van der Waals surface area contributed by atoms with E-state index in [2.05, 4.69) is 5.32 Å². The van der Waals surface area contributed by atoms with E-state index in [4.69, 9.17) is 9.47 Å². The van der Waals surface area contributed by atoms with E-state index < -0.39 is 6.10 Å². The third-order valence-electron chi connectivity index (χ3n) is 3.27. The molecule has 0 aliphatic carbocycles. The van der Waals surface area contributed by atoms with Crippen molar-refractivity contribution in [2.24, 2.45) is 0 Å². The molecule has 0 spiro atoms. The first kappa shape index (κ1) is 15.3. The van der Waals surface area contributed by atoms with Crippen molar-refractivity contribution in [1.82, 2.24) is 5.32 Å². The summed E-state index contributed by atoms with van der Waals surface area (Å²) in [6.07, 6.45) is 0.0290. The van der Waals surface area contributed by atoms with Gasteiger partial charge in [-0.25, -0.2) is 0 Å². The van der Waals surface area contributed by atoms with Crippen LogP contribution in [0.1, 0.15) is 13.3 Å². The van der Waals surface area contributed by atoms with Gasteiger partial charge in [0, 0.05) is 13.7 Å². The van der Waals surface area contributed by atoms with Gasteiger partial charge in [0.05, 0.1) is 12.3 Å². The predicted octanol–water partition coefficient (Wildman–Crippen LogP) is 0.953. The molecular weight excluding hydrogens is 272 g/mol. The quantitative estimate of drug-likeness (QED) is 0.793. The van der Waals surface area contributed by atoms with Gasteiger partial charge in [0.2, 0.25) is 5.91 Å². The zero-order valence-electron chi connectivity index (χ0n) is 12.3. The summed E-state index contributed by atoms with van der Waals surface area (Å²) in [5, 5.41) is 2.72. The summed E-state index contributed by atoms with van der Waals surface area (Å²) in [7, 11) is 1.57. The van der Waals surface area contributed by atoms with E-state index in [1.165, 1.54) is 4.90 Å². The Labute approximate surface area is 124 Å². The van der Waals surface area contributed by atoms with Crippen molar-refractivity contribution in [3.63, 3.8) is 0 Å². The van der Waals surface area contributed by atoms with E-state index in [0.29, 0.717) is 31.0 Å². The molecule has 0 radical (unpaired) electrons. The Morgan fingerprint density at radius 3 is 2.90 bits per heavy atom. The number of carbonyl (C=O) groups is 2. The zero-order valence-corrected chi connectivity index (χ0v) is 12.3. The van der Waals surface area contributed by atoms with E-state index in [1.54, 1.807) is 19.2 Å². The fourth-order valence-corrected chi connectivity index (χ4v) is 2.19. The minimum atomic E-state index is -0.535. The van der Waals surface area contributed by atoms with E-state index in [1.807, 2.05) is 19.1 Å². The molecule has 1 aliphatic rings. The molecule has 1 aromatic rings. The Morgan fingerprint density at radius 2 is 2.19 bits per heavy atom. The van der Waals surface area contributed by atoms with Crippen molar-refractivity contribution in [3.8, 4) is 5.75 Å². The van der Waals surface area contributed by atoms with Gasteiger partial charge in [-0.1, -0.05) is 19.1 Å². The molecule has 0 aromatic heterocycles. The van der Waals surface area contributed by atoms with E-state index in [-0.39, 0.29) is 18.4 Å². The van der Waals surface area contributed by atoms with Crippen LogP contribution in [0.25, 0.3) is 0 Å². The molecule has 114 valence electrons. The Hall–Kier alpha value is -2.08. The number of rotatable bonds is 6. The number of hydrogen-bond acceptors (Lipinski definition) is 4. The van der Waals surface area contributed by atoms with Crippen molar-refractivity contribution in [2.75, 3.05) is 31.7 Å². The van der Waals surface area contributed by atoms with Crippen molar-refractivity contribution >= 4 is 17.5 Å². The van der Waals surface area contributed by atoms with Crippen LogP contribution in [0, 0.1) is 0 Å². The number of carbonyl (C=O) groups excluding carboxylic acids is 2. The lowest BCUT2D eigenvalue weighted by molar-refractivity contribution is -0.129. The highest BCUT2D eigenvalue weighted by atomic mass is 16.5. The highest BCUT2D eigenvalue weighted by Gasteiger charge is 2.33. The van der Waals surface area contributed by atoms with Crippen molar-refractivity contribution < 1.29 is 19.1 Å². The molecule has 2 amide bonds. The van der Waals surface area contributed by atoms with Gasteiger partial charge in [0.15, 0.2) is 6.10 Å². The molecule has 2 rings (SSSR count). The summed E-state index contributed by atoms with van der Waals surface area (Å²) in [5.74, 6) is 0.235. The number of anilines is 1. The molecule has 0 fully saturated rings. The zero-order chi connectivity index (χ0) is 15.2. The maximum absolute atomic E-state index is 12.4. The van der Waals surface area contributed by atoms with Crippen LogP contribution >= 0.6 is 0 Å². The maximum atomic E-state index is 12.4. The van der Waals surface area contributed by atoms with Gasteiger partial charge in [-0.3, -0.25) is 14.5 Å². The van der Waals surface area contributed by atoms with Crippen LogP contribution in [0.15, 0.2) is 24.3 Å². The van der Waals surface area contributed by atoms with Crippen LogP contribution in [-0.4, -0.2) is 44.7 Å². The van der Waals surface area contributed by atoms with E-state index in [0.717, 1.165) is 0 Å². The van der Waals surface area contributed by atoms with Gasteiger partial charge < -0.3 is 14.8 Å². The van der Waals surface area contributed by atoms with Crippen LogP contribution in [0.5, 0.6) is 5.75 Å². The van der Waals surface area contributed by atoms with Gasteiger partial charge in [0.25, 0.3) is 5.91 Å². The molecule has 1 N–H and O–H groups in total. The molecular formula is C15H20N2O4. The Bertz CT molecular complexity index is 518. The molecule has 0 unspecified atom stereocenters. The largest absolute Gasteiger partial charge is 0.478 e. The molecule has 21 heavy (non-hydrogen) atoms. The van der Waals surface area contributed by atoms with Crippen molar-refractivity contribution in [2.45, 2.75) is 19.4 Å². The summed E-state index contributed by atoms with van der Waals surface area (Å²) < 4.78 is 10.5. The number of amides is 2. The van der Waals surface area contributed by atoms with Gasteiger partial charge in [-0.05, 0) is 18.6 Å². The molecule has 6 heteroatoms. The molecule has 0 saturated carbocycles. The second-order valence-electron chi connectivity index (χ2n) is 4.75. The van der Waals surface area contributed by atoms with E-state index in [9.17, 15) is 9.59 Å². The fraction of sp³-hybridized carbons (Fsp3) is 0.467. The average molecular weight is 292 g/mol. The number of nitrogens with zero attached hydrogens (tertiary/aromatic N) is 1. The normalized spacial score (nSPS) is 17.1. The van der Waals surface area contributed by atoms with Crippen molar-refractivity contribution in [3.05, 3.63) is 24.3 Å². The van der Waals surface area contributed by atoms with Crippen LogP contribution in [-0.2, 0) is 14.3 Å². The number of hydrogen-bond donors (Lipinski definition) is 1. The van der Waals surface area contributed by atoms with Gasteiger partial charge >= 0.3 is 0 Å². The van der Waals surface area contributed by atoms with Crippen LogP contribution in [0.2, 0.25) is 0 Å². The predicted molar refractivity (Wildman–Crippen MR) is 78.4 cm³/mol. The van der Waals surface area contributed by atoms with Crippen LogP contribution in [0.3, 0.4) is 0 Å². The van der Waals surface area contributed by atoms with Crippen LogP contribution < -0.4 is 15.0 Å². The van der Waals surface area contributed by atoms with E-state index >= 15 is 0 Å². The summed E-state index contributed by atoms with van der Waals surface area (Å²) in [5.41, 5.74) is 0.633. The lowest BCUT2D eigenvalue weighted by Crippen LogP contribution is -2.49. The minimum absolute atomic E-state index is 0.0145. The lowest BCUT2D eigenvalue weighted by atomic mass is 10.1. The Kier molecular flexibility index (Phi) is 5.16. The molecule has 1 aromatic carbocycles. The lowest BCUT2D eigenvalue weighted by Gasteiger charge is -2.33. The second-order valence-corrected chi connectivity index (χ2v) is 4.75. The molecule has 6 nitrogen and oxygen atoms in total. The SMILES string of the molecule is CC[C@@H]1Oc2ccccc2N(CC(=O)NCCOC)C1=O. The molecule has 1 atom stereocenters. The number of fused-ring (bicyclic) bond motifs is 1. The number of ether oxygens (including phenoxy) is 2. The third kappa shape index (κ3) is 3.52. The molecule has 0 bridgehead atoms. The standard InChI is InChI=1S/C15H20N2O4/c1-3-12-15(19)17(10-14(18)16-8-9-20-2)11-6-4-5-7-13(11)21-12/h4-7,12H,3,8-10H2,1-2H3,(H,16,18)/t12-/m0/s1. The Morgan fingerprint density at radius 1 is 1.43 bits per heavy atom. The molecule has 0 saturated heterocycles. The van der Waals surface area contributed by atoms with Crippen molar-refractivity contribution in [1.29, 1.82) is 0 Å². The number of methoxy groups -OCH3 is 1. The maximum Gasteiger partial charge on any atom is 0.268 e. The third-order valence-corrected chi connectivity index (χ3v) is 3.27. The Balaban J connectivity index is 2.12. The van der Waals surface area contributed by atoms with Gasteiger partial charge in [0.1, 0.15) is 12.3 Å². The number of para-hydroxylation sites is 2. The smallest absolute Gasteiger partial charge is 0.268 e. The summed E-state index contributed by atoms with van der Waals surface area (Å²) in [4.78, 5) is 25.8. The number of benzene rings is 1. The molecule has 1 aliphatic heterocycles. The highest BCUT2D eigenvalue weighted by Crippen LogP contribution is 2.34. The topological polar surface area (TPSA) is 67.9 Å². The number of nitrogens with one attached hydrogen (secondary N) is 1. The van der Waals surface area contributed by atoms with Gasteiger partial charge in [-0.2, -0.15) is 0 Å². The second kappa shape index (κ2) is 7.08. The minimum Gasteiger partial charge on any atom is -0.478 e. The highest BCUT2D eigenvalue weighted by molar-refractivity contribution is 6.03. The first-order valence-electron chi connectivity index (χ1n) is 7.00. The molecule has 1 heterocycles. The summed E-state index contributed by atoms with van der Waals surface area (Å²) in [6, 6.07) is 7.25. The first-order chi connectivity index (χ1) is 10.2. The first-order valence-corrected chi connectivity index (χ1v) is 7.00. The summed E-state index contributed by atoms with van der Waals surface area (Å²) >= 11 is 0. The van der Waals surface area contributed by atoms with Gasteiger partial charge in [-0.15, -0.1) is 0 Å². The fourth-order valence-electron chi connectivity index (χ4n) is 2.19. The monoisotopic (exact) mass is 292 g/mol. The van der Waals surface area contributed by atoms with Crippen LogP contribution in [0.4, 0.5) is 5.69 Å². The summed E-state index contributed by atoms with van der Waals surface area (Å²) in [6.45, 7) is 2.73.